The number of fused-ring (bicyclic) bond motifs is 4. The molecule has 0 saturated heterocycles. The van der Waals surface area contributed by atoms with Gasteiger partial charge in [-0.2, -0.15) is 0 Å². The number of aromatic amines is 2. The van der Waals surface area contributed by atoms with Crippen LogP contribution in [0.3, 0.4) is 0 Å². The van der Waals surface area contributed by atoms with Crippen molar-refractivity contribution in [1.82, 2.24) is 19.5 Å². The van der Waals surface area contributed by atoms with Crippen LogP contribution in [-0.2, 0) is 35.3 Å². The zero-order chi connectivity index (χ0) is 22.1. The smallest absolute Gasteiger partial charge is 0.326 e. The lowest BCUT2D eigenvalue weighted by Crippen LogP contribution is -2.18. The summed E-state index contributed by atoms with van der Waals surface area (Å²) in [4.78, 5) is 49.1. The van der Waals surface area contributed by atoms with Gasteiger partial charge in [0.25, 0.3) is 5.56 Å². The molecule has 8 nitrogen and oxygen atoms in total. The number of ether oxygens (including phenoxy) is 1. The molecule has 0 spiro atoms. The van der Waals surface area contributed by atoms with Crippen molar-refractivity contribution in [1.29, 1.82) is 0 Å². The maximum absolute atomic E-state index is 12.6. The van der Waals surface area contributed by atoms with E-state index >= 15 is 0 Å². The first-order chi connectivity index (χ1) is 15.6. The summed E-state index contributed by atoms with van der Waals surface area (Å²) in [6.07, 6.45) is 5.24. The number of benzene rings is 1. The molecular weight excluding hydrogens is 428 g/mol. The van der Waals surface area contributed by atoms with E-state index in [2.05, 4.69) is 15.0 Å². The second-order valence-corrected chi connectivity index (χ2v) is 9.16. The molecule has 0 bridgehead atoms. The van der Waals surface area contributed by atoms with Gasteiger partial charge >= 0.3 is 11.7 Å². The molecule has 4 aromatic rings. The van der Waals surface area contributed by atoms with Gasteiger partial charge in [0.05, 0.1) is 29.4 Å². The summed E-state index contributed by atoms with van der Waals surface area (Å²) >= 11 is 1.60. The second-order valence-electron chi connectivity index (χ2n) is 8.08. The highest BCUT2D eigenvalue weighted by atomic mass is 32.1. The Morgan fingerprint density at radius 1 is 1.16 bits per heavy atom. The molecule has 0 amide bonds. The summed E-state index contributed by atoms with van der Waals surface area (Å²) < 4.78 is 6.96. The number of carbonyl (C=O) groups excluding carboxylic acids is 1. The summed E-state index contributed by atoms with van der Waals surface area (Å²) in [6, 6.07) is 7.49. The Labute approximate surface area is 187 Å². The molecule has 1 aliphatic carbocycles. The first-order valence-electron chi connectivity index (χ1n) is 11.0. The molecule has 0 fully saturated rings. The number of carbonyl (C=O) groups is 1. The number of H-pyrrole nitrogens is 2. The van der Waals surface area contributed by atoms with Crippen LogP contribution < -0.4 is 11.2 Å². The molecule has 1 aliphatic rings. The van der Waals surface area contributed by atoms with E-state index in [9.17, 15) is 14.4 Å². The van der Waals surface area contributed by atoms with Crippen molar-refractivity contribution >= 4 is 38.6 Å². The minimum atomic E-state index is -0.343. The molecular formula is C23H24N4O4S. The van der Waals surface area contributed by atoms with Crippen LogP contribution in [0.15, 0.2) is 33.9 Å². The van der Waals surface area contributed by atoms with Gasteiger partial charge < -0.3 is 14.7 Å². The Hall–Kier alpha value is -3.20. The van der Waals surface area contributed by atoms with E-state index in [0.717, 1.165) is 52.5 Å². The van der Waals surface area contributed by atoms with Gasteiger partial charge in [-0.25, -0.2) is 9.78 Å². The molecule has 32 heavy (non-hydrogen) atoms. The van der Waals surface area contributed by atoms with E-state index in [4.69, 9.17) is 4.74 Å². The van der Waals surface area contributed by atoms with Gasteiger partial charge in [0, 0.05) is 17.8 Å². The van der Waals surface area contributed by atoms with Crippen molar-refractivity contribution in [2.24, 2.45) is 0 Å². The van der Waals surface area contributed by atoms with E-state index in [1.165, 1.54) is 4.88 Å². The van der Waals surface area contributed by atoms with Crippen molar-refractivity contribution in [3.63, 3.8) is 0 Å². The van der Waals surface area contributed by atoms with E-state index in [1.54, 1.807) is 15.9 Å². The van der Waals surface area contributed by atoms with Crippen molar-refractivity contribution < 1.29 is 9.53 Å². The minimum Gasteiger partial charge on any atom is -0.466 e. The van der Waals surface area contributed by atoms with Crippen molar-refractivity contribution in [2.75, 3.05) is 6.61 Å². The zero-order valence-corrected chi connectivity index (χ0v) is 18.4. The summed E-state index contributed by atoms with van der Waals surface area (Å²) in [6.45, 7) is 0.691. The van der Waals surface area contributed by atoms with Gasteiger partial charge in [0.1, 0.15) is 10.7 Å². The SMILES string of the molecule is O=C(CCc1nc2sc3c(c2c(=O)[nH]1)CCCC3)OCCCn1c(=O)[nH]c2ccccc21. The van der Waals surface area contributed by atoms with Crippen LogP contribution >= 0.6 is 11.3 Å². The molecule has 0 unspecified atom stereocenters. The molecule has 0 radical (unpaired) electrons. The van der Waals surface area contributed by atoms with Crippen molar-refractivity contribution in [3.8, 4) is 0 Å². The van der Waals surface area contributed by atoms with E-state index < -0.39 is 0 Å². The Bertz CT molecular complexity index is 1410. The number of aryl methyl sites for hydroxylation is 4. The first-order valence-corrected chi connectivity index (χ1v) is 11.8. The van der Waals surface area contributed by atoms with Gasteiger partial charge in [0.15, 0.2) is 0 Å². The standard InChI is InChI=1S/C23H24N4O4S/c28-19(31-13-5-12-27-16-8-3-2-7-15(16)24-23(27)30)11-10-18-25-21(29)20-14-6-1-4-9-17(14)32-22(20)26-18/h2-3,7-8H,1,4-6,9-13H2,(H,24,30)(H,25,26,29). The molecule has 1 aromatic carbocycles. The Balaban J connectivity index is 1.15. The number of nitrogens with one attached hydrogen (secondary N) is 2. The lowest BCUT2D eigenvalue weighted by molar-refractivity contribution is -0.143. The van der Waals surface area contributed by atoms with Crippen molar-refractivity contribution in [3.05, 3.63) is 61.4 Å². The predicted octanol–water partition coefficient (Wildman–Crippen LogP) is 3.07. The molecule has 3 aromatic heterocycles. The van der Waals surface area contributed by atoms with E-state index in [0.29, 0.717) is 25.2 Å². The monoisotopic (exact) mass is 452 g/mol. The summed E-state index contributed by atoms with van der Waals surface area (Å²) in [5, 5.41) is 0.726. The molecule has 166 valence electrons. The topological polar surface area (TPSA) is 110 Å². The molecule has 0 aliphatic heterocycles. The third kappa shape index (κ3) is 4.00. The largest absolute Gasteiger partial charge is 0.466 e. The Morgan fingerprint density at radius 2 is 2.00 bits per heavy atom. The fraction of sp³-hybridized carbons (Fsp3) is 0.391. The molecule has 0 atom stereocenters. The molecule has 3 heterocycles. The van der Waals surface area contributed by atoms with Crippen molar-refractivity contribution in [2.45, 2.75) is 51.5 Å². The van der Waals surface area contributed by atoms with Crippen LogP contribution in [0.1, 0.15) is 41.9 Å². The molecule has 9 heteroatoms. The highest BCUT2D eigenvalue weighted by Gasteiger charge is 2.20. The van der Waals surface area contributed by atoms with Gasteiger partial charge in [-0.05, 0) is 49.8 Å². The first kappa shape index (κ1) is 20.7. The van der Waals surface area contributed by atoms with Gasteiger partial charge in [-0.15, -0.1) is 11.3 Å². The fourth-order valence-electron chi connectivity index (χ4n) is 4.36. The lowest BCUT2D eigenvalue weighted by Gasteiger charge is -2.09. The number of thiophene rings is 1. The van der Waals surface area contributed by atoms with Crippen LogP contribution in [-0.4, -0.2) is 32.1 Å². The third-order valence-corrected chi connectivity index (χ3v) is 7.10. The second kappa shape index (κ2) is 8.74. The fourth-order valence-corrected chi connectivity index (χ4v) is 5.64. The average molecular weight is 453 g/mol. The Morgan fingerprint density at radius 3 is 2.91 bits per heavy atom. The van der Waals surface area contributed by atoms with Gasteiger partial charge in [-0.1, -0.05) is 12.1 Å². The van der Waals surface area contributed by atoms with Crippen LogP contribution in [0, 0.1) is 0 Å². The summed E-state index contributed by atoms with van der Waals surface area (Å²) in [7, 11) is 0. The normalized spacial score (nSPS) is 13.5. The molecule has 5 rings (SSSR count). The number of nitrogens with zero attached hydrogens (tertiary/aromatic N) is 2. The maximum Gasteiger partial charge on any atom is 0.326 e. The number of aromatic nitrogens is 4. The van der Waals surface area contributed by atoms with Crippen LogP contribution in [0.2, 0.25) is 0 Å². The Kier molecular flexibility index (Phi) is 5.65. The lowest BCUT2D eigenvalue weighted by atomic mass is 9.97. The van der Waals surface area contributed by atoms with Gasteiger partial charge in [-0.3, -0.25) is 14.2 Å². The predicted molar refractivity (Wildman–Crippen MR) is 123 cm³/mol. The minimum absolute atomic E-state index is 0.109. The van der Waals surface area contributed by atoms with E-state index in [1.807, 2.05) is 24.3 Å². The number of esters is 1. The maximum atomic E-state index is 12.6. The number of rotatable bonds is 7. The zero-order valence-electron chi connectivity index (χ0n) is 17.6. The van der Waals surface area contributed by atoms with Gasteiger partial charge in [0.2, 0.25) is 0 Å². The van der Waals surface area contributed by atoms with Crippen LogP contribution in [0.4, 0.5) is 0 Å². The van der Waals surface area contributed by atoms with Crippen LogP contribution in [0.5, 0.6) is 0 Å². The highest BCUT2D eigenvalue weighted by Crippen LogP contribution is 2.33. The number of hydrogen-bond donors (Lipinski definition) is 2. The molecule has 0 saturated carbocycles. The van der Waals surface area contributed by atoms with Crippen LogP contribution in [0.25, 0.3) is 21.3 Å². The van der Waals surface area contributed by atoms with E-state index in [-0.39, 0.29) is 30.2 Å². The summed E-state index contributed by atoms with van der Waals surface area (Å²) in [5.41, 5.74) is 2.51. The quantitative estimate of drug-likeness (QED) is 0.331. The number of hydrogen-bond acceptors (Lipinski definition) is 6. The summed E-state index contributed by atoms with van der Waals surface area (Å²) in [5.74, 6) is 0.174. The number of para-hydroxylation sites is 2. The highest BCUT2D eigenvalue weighted by molar-refractivity contribution is 7.18. The third-order valence-electron chi connectivity index (χ3n) is 5.91. The number of imidazole rings is 1. The molecule has 2 N–H and O–H groups in total. The average Bonchev–Trinajstić information content (AvgIpc) is 3.32.